The highest BCUT2D eigenvalue weighted by Crippen LogP contribution is 2.29. The quantitative estimate of drug-likeness (QED) is 0.807. The van der Waals surface area contributed by atoms with Crippen LogP contribution in [-0.2, 0) is 4.79 Å². The number of nitrogens with one attached hydrogen (secondary N) is 1. The number of halogens is 1. The highest BCUT2D eigenvalue weighted by atomic mass is 35.5. The van der Waals surface area contributed by atoms with E-state index in [1.54, 1.807) is 51.5 Å². The second kappa shape index (κ2) is 8.62. The summed E-state index contributed by atoms with van der Waals surface area (Å²) in [6.07, 6.45) is -0.688. The zero-order chi connectivity index (χ0) is 18.4. The number of amides is 1. The molecule has 134 valence electrons. The molecule has 2 atom stereocenters. The van der Waals surface area contributed by atoms with Crippen molar-refractivity contribution in [2.45, 2.75) is 26.0 Å². The molecule has 5 nitrogen and oxygen atoms in total. The fourth-order valence-corrected chi connectivity index (χ4v) is 2.55. The number of hydrogen-bond acceptors (Lipinski definition) is 4. The van der Waals surface area contributed by atoms with Crippen LogP contribution in [0.1, 0.15) is 25.5 Å². The van der Waals surface area contributed by atoms with Crippen molar-refractivity contribution >= 4 is 17.5 Å². The summed E-state index contributed by atoms with van der Waals surface area (Å²) in [5.41, 5.74) is 0.849. The van der Waals surface area contributed by atoms with Crippen molar-refractivity contribution in [1.29, 1.82) is 0 Å². The Balaban J connectivity index is 2.05. The maximum atomic E-state index is 12.4. The molecule has 0 spiro atoms. The van der Waals surface area contributed by atoms with E-state index in [9.17, 15) is 4.79 Å². The summed E-state index contributed by atoms with van der Waals surface area (Å²) < 4.78 is 16.2. The van der Waals surface area contributed by atoms with Gasteiger partial charge < -0.3 is 19.5 Å². The zero-order valence-electron chi connectivity index (χ0n) is 14.7. The van der Waals surface area contributed by atoms with Gasteiger partial charge in [-0.1, -0.05) is 23.7 Å². The molecule has 25 heavy (non-hydrogen) atoms. The molecule has 0 saturated carbocycles. The normalized spacial score (nSPS) is 12.8. The smallest absolute Gasteiger partial charge is 0.261 e. The lowest BCUT2D eigenvalue weighted by atomic mass is 10.1. The van der Waals surface area contributed by atoms with Gasteiger partial charge in [-0.25, -0.2) is 0 Å². The van der Waals surface area contributed by atoms with Crippen molar-refractivity contribution in [3.8, 4) is 17.2 Å². The van der Waals surface area contributed by atoms with E-state index in [0.717, 1.165) is 5.56 Å². The zero-order valence-corrected chi connectivity index (χ0v) is 15.5. The SMILES string of the molecule is COc1ccc(C(C)NC(=O)C(C)Oc2ccccc2Cl)c(OC)c1. The van der Waals surface area contributed by atoms with Gasteiger partial charge in [-0.2, -0.15) is 0 Å². The Morgan fingerprint density at radius 3 is 2.40 bits per heavy atom. The molecule has 6 heteroatoms. The summed E-state index contributed by atoms with van der Waals surface area (Å²) in [7, 11) is 3.17. The maximum absolute atomic E-state index is 12.4. The lowest BCUT2D eigenvalue weighted by molar-refractivity contribution is -0.127. The molecule has 0 radical (unpaired) electrons. The summed E-state index contributed by atoms with van der Waals surface area (Å²) in [6.45, 7) is 3.56. The third kappa shape index (κ3) is 4.79. The Labute approximate surface area is 152 Å². The molecule has 0 bridgehead atoms. The molecule has 0 fully saturated rings. The molecule has 2 unspecified atom stereocenters. The Morgan fingerprint density at radius 2 is 1.76 bits per heavy atom. The number of para-hydroxylation sites is 1. The predicted octanol–water partition coefficient (Wildman–Crippen LogP) is 4.00. The number of benzene rings is 2. The molecule has 2 aromatic carbocycles. The second-order valence-corrected chi connectivity index (χ2v) is 5.94. The van der Waals surface area contributed by atoms with E-state index < -0.39 is 6.10 Å². The van der Waals surface area contributed by atoms with Crippen LogP contribution in [0.2, 0.25) is 5.02 Å². The van der Waals surface area contributed by atoms with E-state index in [2.05, 4.69) is 5.32 Å². The second-order valence-electron chi connectivity index (χ2n) is 5.53. The van der Waals surface area contributed by atoms with E-state index >= 15 is 0 Å². The molecule has 0 aromatic heterocycles. The van der Waals surface area contributed by atoms with Gasteiger partial charge >= 0.3 is 0 Å². The summed E-state index contributed by atoms with van der Waals surface area (Å²) in [4.78, 5) is 12.4. The highest BCUT2D eigenvalue weighted by molar-refractivity contribution is 6.32. The van der Waals surface area contributed by atoms with Crippen molar-refractivity contribution in [3.63, 3.8) is 0 Å². The largest absolute Gasteiger partial charge is 0.497 e. The summed E-state index contributed by atoms with van der Waals surface area (Å²) >= 11 is 6.06. The fraction of sp³-hybridized carbons (Fsp3) is 0.316. The van der Waals surface area contributed by atoms with Gasteiger partial charge in [0.05, 0.1) is 25.3 Å². The molecular formula is C19H22ClNO4. The monoisotopic (exact) mass is 363 g/mol. The Morgan fingerprint density at radius 1 is 1.04 bits per heavy atom. The molecular weight excluding hydrogens is 342 g/mol. The van der Waals surface area contributed by atoms with Crippen LogP contribution in [-0.4, -0.2) is 26.2 Å². The van der Waals surface area contributed by atoms with Crippen LogP contribution in [0.5, 0.6) is 17.2 Å². The first-order chi connectivity index (χ1) is 12.0. The first kappa shape index (κ1) is 18.9. The first-order valence-electron chi connectivity index (χ1n) is 7.89. The number of rotatable bonds is 7. The van der Waals surface area contributed by atoms with Gasteiger partial charge in [0.15, 0.2) is 6.10 Å². The number of carbonyl (C=O) groups excluding carboxylic acids is 1. The maximum Gasteiger partial charge on any atom is 0.261 e. The predicted molar refractivity (Wildman–Crippen MR) is 97.6 cm³/mol. The van der Waals surface area contributed by atoms with E-state index in [-0.39, 0.29) is 11.9 Å². The van der Waals surface area contributed by atoms with Gasteiger partial charge in [0.25, 0.3) is 5.91 Å². The average Bonchev–Trinajstić information content (AvgIpc) is 2.62. The Kier molecular flexibility index (Phi) is 6.53. The standard InChI is InChI=1S/C19H22ClNO4/c1-12(15-10-9-14(23-3)11-18(15)24-4)21-19(22)13(2)25-17-8-6-5-7-16(17)20/h5-13H,1-4H3,(H,21,22). The minimum atomic E-state index is -0.688. The fourth-order valence-electron chi connectivity index (χ4n) is 2.37. The molecule has 0 aliphatic heterocycles. The lowest BCUT2D eigenvalue weighted by Crippen LogP contribution is -2.37. The van der Waals surface area contributed by atoms with Crippen molar-refractivity contribution in [2.75, 3.05) is 14.2 Å². The van der Waals surface area contributed by atoms with Gasteiger partial charge in [0, 0.05) is 11.6 Å². The van der Waals surface area contributed by atoms with Crippen LogP contribution in [0, 0.1) is 0 Å². The van der Waals surface area contributed by atoms with Crippen molar-refractivity contribution in [2.24, 2.45) is 0 Å². The summed E-state index contributed by atoms with van der Waals surface area (Å²) in [5, 5.41) is 3.38. The van der Waals surface area contributed by atoms with E-state index in [4.69, 9.17) is 25.8 Å². The summed E-state index contributed by atoms with van der Waals surface area (Å²) in [5.74, 6) is 1.56. The Hall–Kier alpha value is -2.40. The summed E-state index contributed by atoms with van der Waals surface area (Å²) in [6, 6.07) is 12.3. The van der Waals surface area contributed by atoms with Crippen LogP contribution < -0.4 is 19.5 Å². The number of carbonyl (C=O) groups is 1. The van der Waals surface area contributed by atoms with Gasteiger partial charge in [-0.05, 0) is 38.1 Å². The lowest BCUT2D eigenvalue weighted by Gasteiger charge is -2.21. The van der Waals surface area contributed by atoms with Crippen LogP contribution in [0.15, 0.2) is 42.5 Å². The highest BCUT2D eigenvalue weighted by Gasteiger charge is 2.20. The van der Waals surface area contributed by atoms with Gasteiger partial charge in [0.1, 0.15) is 17.2 Å². The topological polar surface area (TPSA) is 56.8 Å². The molecule has 0 heterocycles. The molecule has 0 saturated heterocycles. The molecule has 2 rings (SSSR count). The van der Waals surface area contributed by atoms with Crippen LogP contribution in [0.3, 0.4) is 0 Å². The molecule has 0 aliphatic carbocycles. The first-order valence-corrected chi connectivity index (χ1v) is 8.27. The molecule has 1 N–H and O–H groups in total. The Bertz CT molecular complexity index is 735. The third-order valence-corrected chi connectivity index (χ3v) is 4.09. The van der Waals surface area contributed by atoms with E-state index in [1.807, 2.05) is 19.1 Å². The third-order valence-electron chi connectivity index (χ3n) is 3.78. The number of hydrogen-bond donors (Lipinski definition) is 1. The van der Waals surface area contributed by atoms with Crippen LogP contribution in [0.25, 0.3) is 0 Å². The van der Waals surface area contributed by atoms with E-state index in [1.165, 1.54) is 0 Å². The number of methoxy groups -OCH3 is 2. The van der Waals surface area contributed by atoms with Crippen molar-refractivity contribution in [3.05, 3.63) is 53.1 Å². The molecule has 0 aliphatic rings. The number of ether oxygens (including phenoxy) is 3. The molecule has 1 amide bonds. The molecule has 2 aromatic rings. The van der Waals surface area contributed by atoms with Gasteiger partial charge in [-0.3, -0.25) is 4.79 Å². The van der Waals surface area contributed by atoms with Crippen LogP contribution in [0.4, 0.5) is 0 Å². The average molecular weight is 364 g/mol. The van der Waals surface area contributed by atoms with E-state index in [0.29, 0.717) is 22.3 Å². The van der Waals surface area contributed by atoms with Crippen molar-refractivity contribution in [1.82, 2.24) is 5.32 Å². The minimum Gasteiger partial charge on any atom is -0.497 e. The van der Waals surface area contributed by atoms with Gasteiger partial charge in [-0.15, -0.1) is 0 Å². The minimum absolute atomic E-state index is 0.245. The van der Waals surface area contributed by atoms with Crippen LogP contribution >= 0.6 is 11.6 Å². The van der Waals surface area contributed by atoms with Crippen molar-refractivity contribution < 1.29 is 19.0 Å². The van der Waals surface area contributed by atoms with Gasteiger partial charge in [0.2, 0.25) is 0 Å².